The number of hydrogen-bond acceptors (Lipinski definition) is 4. The third kappa shape index (κ3) is 4.07. The van der Waals surface area contributed by atoms with Gasteiger partial charge in [-0.15, -0.1) is 0 Å². The molecule has 6 nitrogen and oxygen atoms in total. The summed E-state index contributed by atoms with van der Waals surface area (Å²) in [5, 5.41) is 19.5. The molecule has 0 heterocycles. The maximum atomic E-state index is 11.2. The Morgan fingerprint density at radius 2 is 2.22 bits per heavy atom. The number of halogens is 1. The second kappa shape index (κ2) is 6.61. The first-order valence-electron chi connectivity index (χ1n) is 4.84. The highest BCUT2D eigenvalue weighted by Crippen LogP contribution is 2.23. The number of aromatic carboxylic acids is 1. The topological polar surface area (TPSA) is 99.4 Å². The summed E-state index contributed by atoms with van der Waals surface area (Å²) in [6, 6.07) is 6.18. The van der Waals surface area contributed by atoms with E-state index >= 15 is 0 Å². The Bertz CT molecular complexity index is 510. The molecule has 0 aromatic heterocycles. The number of benzene rings is 1. The highest BCUT2D eigenvalue weighted by atomic mass is 79.9. The van der Waals surface area contributed by atoms with E-state index in [1.54, 1.807) is 12.1 Å². The van der Waals surface area contributed by atoms with Gasteiger partial charge in [0, 0.05) is 4.47 Å². The monoisotopic (exact) mass is 312 g/mol. The van der Waals surface area contributed by atoms with Gasteiger partial charge in [-0.05, 0) is 18.2 Å². The Balaban J connectivity index is 2.70. The molecule has 0 unspecified atom stereocenters. The van der Waals surface area contributed by atoms with Crippen LogP contribution in [0, 0.1) is 11.3 Å². The van der Waals surface area contributed by atoms with Gasteiger partial charge in [0.1, 0.15) is 17.9 Å². The van der Waals surface area contributed by atoms with E-state index < -0.39 is 11.9 Å². The Morgan fingerprint density at radius 3 is 2.83 bits per heavy atom. The maximum absolute atomic E-state index is 11.2. The molecule has 0 radical (unpaired) electrons. The number of carboxylic acid groups (broad SMARTS) is 1. The lowest BCUT2D eigenvalue weighted by atomic mass is 10.2. The second-order valence-electron chi connectivity index (χ2n) is 3.17. The fourth-order valence-electron chi connectivity index (χ4n) is 1.13. The van der Waals surface area contributed by atoms with Crippen molar-refractivity contribution in [2.75, 3.05) is 13.2 Å². The largest absolute Gasteiger partial charge is 0.483 e. The summed E-state index contributed by atoms with van der Waals surface area (Å²) in [7, 11) is 0. The number of nitrogens with one attached hydrogen (secondary N) is 1. The molecule has 1 amide bonds. The Kier molecular flexibility index (Phi) is 5.14. The van der Waals surface area contributed by atoms with E-state index in [4.69, 9.17) is 15.1 Å². The molecule has 1 aromatic carbocycles. The number of ether oxygens (including phenoxy) is 1. The normalized spacial score (nSPS) is 9.33. The number of hydrogen-bond donors (Lipinski definition) is 2. The lowest BCUT2D eigenvalue weighted by Gasteiger charge is -2.08. The third-order valence-electron chi connectivity index (χ3n) is 1.90. The SMILES string of the molecule is N#CCNC(=O)COc1ccc(Br)cc1C(=O)O. The smallest absolute Gasteiger partial charge is 0.339 e. The van der Waals surface area contributed by atoms with Crippen LogP contribution in [0.3, 0.4) is 0 Å². The van der Waals surface area contributed by atoms with Gasteiger partial charge in [0.15, 0.2) is 6.61 Å². The zero-order chi connectivity index (χ0) is 13.5. The Labute approximate surface area is 111 Å². The van der Waals surface area contributed by atoms with E-state index in [2.05, 4.69) is 21.2 Å². The molecule has 0 bridgehead atoms. The van der Waals surface area contributed by atoms with Crippen molar-refractivity contribution in [3.05, 3.63) is 28.2 Å². The minimum Gasteiger partial charge on any atom is -0.483 e. The van der Waals surface area contributed by atoms with Crippen molar-refractivity contribution in [2.45, 2.75) is 0 Å². The molecule has 1 rings (SSSR count). The lowest BCUT2D eigenvalue weighted by Crippen LogP contribution is -2.29. The molecule has 1 aromatic rings. The van der Waals surface area contributed by atoms with Gasteiger partial charge in [0.25, 0.3) is 5.91 Å². The van der Waals surface area contributed by atoms with Crippen LogP contribution in [0.25, 0.3) is 0 Å². The molecule has 0 atom stereocenters. The van der Waals surface area contributed by atoms with Crippen LogP contribution in [-0.2, 0) is 4.79 Å². The van der Waals surface area contributed by atoms with E-state index in [1.807, 2.05) is 0 Å². The van der Waals surface area contributed by atoms with Gasteiger partial charge in [-0.2, -0.15) is 5.26 Å². The van der Waals surface area contributed by atoms with Crippen LogP contribution < -0.4 is 10.1 Å². The third-order valence-corrected chi connectivity index (χ3v) is 2.39. The molecule has 7 heteroatoms. The average Bonchev–Trinajstić information content (AvgIpc) is 2.34. The van der Waals surface area contributed by atoms with Crippen molar-refractivity contribution < 1.29 is 19.4 Å². The first-order valence-corrected chi connectivity index (χ1v) is 5.63. The van der Waals surface area contributed by atoms with Gasteiger partial charge in [-0.25, -0.2) is 4.79 Å². The van der Waals surface area contributed by atoms with Crippen LogP contribution in [0.15, 0.2) is 22.7 Å². The van der Waals surface area contributed by atoms with Gasteiger partial charge in [0.05, 0.1) is 6.07 Å². The van der Waals surface area contributed by atoms with Crippen LogP contribution in [-0.4, -0.2) is 30.1 Å². The minimum absolute atomic E-state index is 0.0440. The highest BCUT2D eigenvalue weighted by Gasteiger charge is 2.13. The predicted molar refractivity (Wildman–Crippen MR) is 65.2 cm³/mol. The standard InChI is InChI=1S/C11H9BrN2O4/c12-7-1-2-9(8(5-7)11(16)17)18-6-10(15)14-4-3-13/h1-2,5H,4,6H2,(H,14,15)(H,16,17). The van der Waals surface area contributed by atoms with Crippen molar-refractivity contribution in [3.63, 3.8) is 0 Å². The van der Waals surface area contributed by atoms with Crippen LogP contribution in [0.2, 0.25) is 0 Å². The maximum Gasteiger partial charge on any atom is 0.339 e. The average molecular weight is 313 g/mol. The molecule has 18 heavy (non-hydrogen) atoms. The molecular weight excluding hydrogens is 304 g/mol. The van der Waals surface area contributed by atoms with Gasteiger partial charge in [0.2, 0.25) is 0 Å². The number of carbonyl (C=O) groups is 2. The van der Waals surface area contributed by atoms with E-state index in [1.165, 1.54) is 12.1 Å². The van der Waals surface area contributed by atoms with Crippen LogP contribution in [0.4, 0.5) is 0 Å². The first-order chi connectivity index (χ1) is 8.54. The summed E-state index contributed by atoms with van der Waals surface area (Å²) in [5.41, 5.74) is -0.0440. The van der Waals surface area contributed by atoms with Crippen molar-refractivity contribution in [1.82, 2.24) is 5.32 Å². The Hall–Kier alpha value is -2.07. The molecular formula is C11H9BrN2O4. The molecule has 0 saturated heterocycles. The first kappa shape index (κ1) is 14.0. The molecule has 0 aliphatic carbocycles. The van der Waals surface area contributed by atoms with Gasteiger partial charge in [-0.1, -0.05) is 15.9 Å². The molecule has 2 N–H and O–H groups in total. The van der Waals surface area contributed by atoms with Crippen LogP contribution in [0.5, 0.6) is 5.75 Å². The molecule has 0 aliphatic heterocycles. The second-order valence-corrected chi connectivity index (χ2v) is 4.08. The van der Waals surface area contributed by atoms with E-state index in [-0.39, 0.29) is 24.5 Å². The molecule has 0 aliphatic rings. The summed E-state index contributed by atoms with van der Waals surface area (Å²) < 4.78 is 5.69. The van der Waals surface area contributed by atoms with Crippen LogP contribution >= 0.6 is 15.9 Å². The number of rotatable bonds is 5. The van der Waals surface area contributed by atoms with Gasteiger partial charge >= 0.3 is 5.97 Å². The lowest BCUT2D eigenvalue weighted by molar-refractivity contribution is -0.122. The predicted octanol–water partition coefficient (Wildman–Crippen LogP) is 1.17. The molecule has 94 valence electrons. The highest BCUT2D eigenvalue weighted by molar-refractivity contribution is 9.10. The summed E-state index contributed by atoms with van der Waals surface area (Å²) in [5.74, 6) is -1.54. The summed E-state index contributed by atoms with van der Waals surface area (Å²) in [6.45, 7) is -0.460. The van der Waals surface area contributed by atoms with Crippen molar-refractivity contribution in [3.8, 4) is 11.8 Å². The molecule has 0 saturated carbocycles. The minimum atomic E-state index is -1.15. The van der Waals surface area contributed by atoms with Crippen molar-refractivity contribution >= 4 is 27.8 Å². The van der Waals surface area contributed by atoms with Crippen molar-refractivity contribution in [2.24, 2.45) is 0 Å². The molecule has 0 fully saturated rings. The van der Waals surface area contributed by atoms with Gasteiger partial charge < -0.3 is 15.2 Å². The van der Waals surface area contributed by atoms with Gasteiger partial charge in [-0.3, -0.25) is 4.79 Å². The number of nitrogens with zero attached hydrogens (tertiary/aromatic N) is 1. The number of carbonyl (C=O) groups excluding carboxylic acids is 1. The zero-order valence-corrected chi connectivity index (χ0v) is 10.7. The van der Waals surface area contributed by atoms with E-state index in [9.17, 15) is 9.59 Å². The Morgan fingerprint density at radius 1 is 1.50 bits per heavy atom. The fourth-order valence-corrected chi connectivity index (χ4v) is 1.49. The number of nitriles is 1. The van der Waals surface area contributed by atoms with Crippen LogP contribution in [0.1, 0.15) is 10.4 Å². The number of carboxylic acids is 1. The van der Waals surface area contributed by atoms with Crippen molar-refractivity contribution in [1.29, 1.82) is 5.26 Å². The zero-order valence-electron chi connectivity index (χ0n) is 9.14. The molecule has 0 spiro atoms. The van der Waals surface area contributed by atoms with E-state index in [0.717, 1.165) is 0 Å². The summed E-state index contributed by atoms with van der Waals surface area (Å²) in [4.78, 5) is 22.1. The number of amides is 1. The summed E-state index contributed by atoms with van der Waals surface area (Å²) >= 11 is 3.14. The van der Waals surface area contributed by atoms with E-state index in [0.29, 0.717) is 4.47 Å². The quantitative estimate of drug-likeness (QED) is 0.795. The summed E-state index contributed by atoms with van der Waals surface area (Å²) in [6.07, 6.45) is 0. The fraction of sp³-hybridized carbons (Fsp3) is 0.182.